The molecule has 9 aromatic carbocycles. The first-order valence-corrected chi connectivity index (χ1v) is 24.1. The summed E-state index contributed by atoms with van der Waals surface area (Å²) in [6, 6.07) is 73.8. The van der Waals surface area contributed by atoms with E-state index in [-0.39, 0.29) is 5.41 Å². The zero-order valence-electron chi connectivity index (χ0n) is 39.9. The maximum atomic E-state index is 4.28. The van der Waals surface area contributed by atoms with E-state index in [4.69, 9.17) is 0 Å². The third-order valence-corrected chi connectivity index (χ3v) is 14.3. The monoisotopic (exact) mass is 911 g/mol. The molecule has 0 N–H and O–H groups in total. The molecule has 0 spiro atoms. The number of hydrogen-bond acceptors (Lipinski definition) is 3. The van der Waals surface area contributed by atoms with Gasteiger partial charge in [0, 0.05) is 46.0 Å². The lowest BCUT2D eigenvalue weighted by atomic mass is 9.82. The molecule has 5 heteroatoms. The van der Waals surface area contributed by atoms with E-state index >= 15 is 0 Å². The van der Waals surface area contributed by atoms with Gasteiger partial charge in [0.25, 0.3) is 0 Å². The molecule has 0 amide bonds. The van der Waals surface area contributed by atoms with E-state index in [1.54, 1.807) is 6.33 Å². The van der Waals surface area contributed by atoms with Gasteiger partial charge in [-0.3, -0.25) is 4.99 Å². The normalized spacial score (nSPS) is 12.9. The lowest BCUT2D eigenvalue weighted by molar-refractivity contribution is 0.661. The van der Waals surface area contributed by atoms with Crippen LogP contribution < -0.4 is 0 Å². The van der Waals surface area contributed by atoms with Gasteiger partial charge in [0.15, 0.2) is 0 Å². The van der Waals surface area contributed by atoms with Crippen LogP contribution in [-0.4, -0.2) is 27.6 Å². The summed E-state index contributed by atoms with van der Waals surface area (Å²) in [5, 5.41) is 2.47. The van der Waals surface area contributed by atoms with Gasteiger partial charge in [-0.25, -0.2) is 15.0 Å². The Morgan fingerprint density at radius 2 is 0.986 bits per heavy atom. The maximum absolute atomic E-state index is 4.28. The smallest absolute Gasteiger partial charge is 0.115 e. The highest BCUT2D eigenvalue weighted by Gasteiger charge is 2.36. The largest absolute Gasteiger partial charge is 0.309 e. The molecular formula is C66H49N5. The molecule has 338 valence electrons. The molecule has 1 aliphatic rings. The number of allylic oxidation sites excluding steroid dienone is 1. The minimum absolute atomic E-state index is 0.120. The van der Waals surface area contributed by atoms with Gasteiger partial charge in [0.1, 0.15) is 12.7 Å². The molecule has 0 radical (unpaired) electrons. The molecule has 0 atom stereocenters. The molecule has 2 aromatic heterocycles. The lowest BCUT2D eigenvalue weighted by Gasteiger charge is -2.21. The van der Waals surface area contributed by atoms with Crippen LogP contribution in [0.1, 0.15) is 37.5 Å². The fourth-order valence-electron chi connectivity index (χ4n) is 10.7. The summed E-state index contributed by atoms with van der Waals surface area (Å²) in [6.45, 7) is 10.3. The molecule has 0 aliphatic heterocycles. The Morgan fingerprint density at radius 3 is 1.62 bits per heavy atom. The number of aromatic nitrogens is 3. The maximum Gasteiger partial charge on any atom is 0.115 e. The first-order chi connectivity index (χ1) is 34.8. The third-order valence-electron chi connectivity index (χ3n) is 14.3. The van der Waals surface area contributed by atoms with Gasteiger partial charge < -0.3 is 4.57 Å². The second-order valence-electron chi connectivity index (χ2n) is 19.0. The molecule has 5 nitrogen and oxygen atoms in total. The van der Waals surface area contributed by atoms with Gasteiger partial charge in [-0.2, -0.15) is 0 Å². The Hall–Kier alpha value is -9.06. The number of rotatable bonds is 10. The van der Waals surface area contributed by atoms with Crippen molar-refractivity contribution in [2.75, 3.05) is 0 Å². The minimum Gasteiger partial charge on any atom is -0.309 e. The van der Waals surface area contributed by atoms with Crippen LogP contribution in [0.25, 0.3) is 111 Å². The van der Waals surface area contributed by atoms with Crippen molar-refractivity contribution in [1.29, 1.82) is 0 Å². The second kappa shape index (κ2) is 17.8. The van der Waals surface area contributed by atoms with Crippen LogP contribution in [0.3, 0.4) is 0 Å². The summed E-state index contributed by atoms with van der Waals surface area (Å²) in [5.74, 6) is 0. The van der Waals surface area contributed by atoms with Crippen LogP contribution in [-0.2, 0) is 5.41 Å². The molecule has 12 rings (SSSR count). The van der Waals surface area contributed by atoms with Gasteiger partial charge in [-0.1, -0.05) is 135 Å². The van der Waals surface area contributed by atoms with Crippen molar-refractivity contribution in [2.45, 2.75) is 26.2 Å². The van der Waals surface area contributed by atoms with Crippen molar-refractivity contribution in [3.8, 4) is 83.6 Å². The van der Waals surface area contributed by atoms with Crippen molar-refractivity contribution in [2.24, 2.45) is 9.98 Å². The lowest BCUT2D eigenvalue weighted by Crippen LogP contribution is -2.14. The van der Waals surface area contributed by atoms with Crippen molar-refractivity contribution in [3.05, 3.63) is 242 Å². The third kappa shape index (κ3) is 7.88. The molecule has 11 aromatic rings. The van der Waals surface area contributed by atoms with Crippen molar-refractivity contribution >= 4 is 40.4 Å². The van der Waals surface area contributed by atoms with E-state index in [2.05, 4.69) is 252 Å². The molecule has 0 saturated carbocycles. The van der Waals surface area contributed by atoms with Gasteiger partial charge in [0.05, 0.1) is 11.0 Å². The molecule has 71 heavy (non-hydrogen) atoms. The zero-order valence-corrected chi connectivity index (χ0v) is 39.9. The van der Waals surface area contributed by atoms with E-state index in [1.807, 2.05) is 18.6 Å². The Balaban J connectivity index is 1.03. The highest BCUT2D eigenvalue weighted by atomic mass is 15.0. The fraction of sp³-hybridized carbons (Fsp3) is 0.0606. The van der Waals surface area contributed by atoms with Crippen LogP contribution in [0, 0.1) is 0 Å². The molecule has 0 saturated heterocycles. The Bertz CT molecular complexity index is 3930. The number of hydrogen-bond donors (Lipinski definition) is 0. The number of para-hydroxylation sites is 1. The van der Waals surface area contributed by atoms with Crippen LogP contribution in [0.2, 0.25) is 0 Å². The van der Waals surface area contributed by atoms with Crippen LogP contribution in [0.15, 0.2) is 235 Å². The summed E-state index contributed by atoms with van der Waals surface area (Å²) in [5.41, 5.74) is 24.4. The summed E-state index contributed by atoms with van der Waals surface area (Å²) in [4.78, 5) is 16.6. The summed E-state index contributed by atoms with van der Waals surface area (Å²) in [7, 11) is 0. The Kier molecular flexibility index (Phi) is 10.8. The fourth-order valence-corrected chi connectivity index (χ4v) is 10.7. The molecule has 0 bridgehead atoms. The van der Waals surface area contributed by atoms with E-state index < -0.39 is 0 Å². The Labute approximate surface area is 414 Å². The van der Waals surface area contributed by atoms with E-state index in [9.17, 15) is 0 Å². The van der Waals surface area contributed by atoms with Crippen molar-refractivity contribution in [1.82, 2.24) is 14.5 Å². The highest BCUT2D eigenvalue weighted by molar-refractivity contribution is 6.13. The Morgan fingerprint density at radius 1 is 0.465 bits per heavy atom. The van der Waals surface area contributed by atoms with E-state index in [1.165, 1.54) is 50.4 Å². The molecule has 1 aliphatic carbocycles. The van der Waals surface area contributed by atoms with Gasteiger partial charge >= 0.3 is 0 Å². The standard InChI is InChI=1S/C66H49N5/c1-43(38-68-41-67-4)44-14-10-15-45(28-44)46-16-11-19-49(29-46)53-32-54(50-20-12-17-47(30-50)48-18-13-21-51(31-48)56-39-69-42-70-40-56)34-55(33-53)52-26-27-64-60(35-52)61-36-59-58-24-8-9-25-62(58)66(2,3)63(59)37-65(61)71(64)57-22-6-5-7-23-57/h5-42H,4H2,1-3H3/b43-38+,68-41?. The predicted molar refractivity (Wildman–Crippen MR) is 298 cm³/mol. The summed E-state index contributed by atoms with van der Waals surface area (Å²) in [6.07, 6.45) is 8.58. The quantitative estimate of drug-likeness (QED) is 0.101. The molecule has 0 fully saturated rings. The van der Waals surface area contributed by atoms with Crippen molar-refractivity contribution in [3.63, 3.8) is 0 Å². The van der Waals surface area contributed by atoms with Gasteiger partial charge in [0.2, 0.25) is 0 Å². The van der Waals surface area contributed by atoms with Gasteiger partial charge in [-0.05, 0) is 187 Å². The average molecular weight is 912 g/mol. The number of fused-ring (bicyclic) bond motifs is 6. The number of aliphatic imine (C=N–C) groups is 2. The predicted octanol–water partition coefficient (Wildman–Crippen LogP) is 17.0. The first-order valence-electron chi connectivity index (χ1n) is 24.1. The second-order valence-corrected chi connectivity index (χ2v) is 19.0. The van der Waals surface area contributed by atoms with Crippen LogP contribution in [0.4, 0.5) is 0 Å². The van der Waals surface area contributed by atoms with Crippen LogP contribution >= 0.6 is 0 Å². The molecule has 2 heterocycles. The number of nitrogens with zero attached hydrogens (tertiary/aromatic N) is 5. The SMILES string of the molecule is C=NC=N/C=C(\C)c1cccc(-c2cccc(-c3cc(-c4cccc(-c5cccc(-c6cncnc6)c5)c4)cc(-c4ccc5c(c4)c4cc6c(cc4n5-c4ccccc4)C(C)(C)c4ccccc4-6)c3)c2)c1. The van der Waals surface area contributed by atoms with E-state index in [0.717, 1.165) is 83.6 Å². The average Bonchev–Trinajstić information content (AvgIpc) is 3.87. The molecular weight excluding hydrogens is 863 g/mol. The zero-order chi connectivity index (χ0) is 48.1. The van der Waals surface area contributed by atoms with Crippen LogP contribution in [0.5, 0.6) is 0 Å². The topological polar surface area (TPSA) is 55.4 Å². The van der Waals surface area contributed by atoms with E-state index in [0.29, 0.717) is 0 Å². The van der Waals surface area contributed by atoms with Crippen molar-refractivity contribution < 1.29 is 0 Å². The highest BCUT2D eigenvalue weighted by Crippen LogP contribution is 2.51. The number of benzene rings is 9. The first kappa shape index (κ1) is 43.2. The van der Waals surface area contributed by atoms with Gasteiger partial charge in [-0.15, -0.1) is 0 Å². The summed E-state index contributed by atoms with van der Waals surface area (Å²) >= 11 is 0. The molecule has 0 unspecified atom stereocenters. The summed E-state index contributed by atoms with van der Waals surface area (Å²) < 4.78 is 2.45. The minimum atomic E-state index is -0.120.